The minimum atomic E-state index is -3.17. The number of sulfonamides is 1. The molecule has 2 aromatic rings. The monoisotopic (exact) mass is 570 g/mol. The molecule has 1 amide bonds. The summed E-state index contributed by atoms with van der Waals surface area (Å²) in [5.74, 6) is 1.25. The van der Waals surface area contributed by atoms with Crippen molar-refractivity contribution in [3.05, 3.63) is 52.5 Å². The van der Waals surface area contributed by atoms with Gasteiger partial charge in [0.15, 0.2) is 0 Å². The quantitative estimate of drug-likeness (QED) is 0.538. The zero-order valence-electron chi connectivity index (χ0n) is 25.2. The minimum absolute atomic E-state index is 0.0347. The van der Waals surface area contributed by atoms with Gasteiger partial charge in [-0.15, -0.1) is 0 Å². The van der Waals surface area contributed by atoms with E-state index in [2.05, 4.69) is 65.2 Å². The van der Waals surface area contributed by atoms with E-state index in [9.17, 15) is 13.2 Å². The van der Waals surface area contributed by atoms with Crippen LogP contribution >= 0.6 is 0 Å². The molecule has 3 heterocycles. The maximum atomic E-state index is 13.6. The molecule has 0 aliphatic carbocycles. The fourth-order valence-corrected chi connectivity index (χ4v) is 6.54. The van der Waals surface area contributed by atoms with E-state index in [0.29, 0.717) is 43.0 Å². The van der Waals surface area contributed by atoms with Crippen LogP contribution in [0.1, 0.15) is 79.5 Å². The standard InChI is InChI=1S/C30H46N6O3S/c1-21-27(32-22(2)33-28(21)31-20-23-8-10-24(11-9-23)30(3,4)5)29(37)36-18-14-26(15-19-36)35-16-12-25(13-17-35)34(6)40(7,38)39/h8-11,25-26H,12-20H2,1-7H3,(H,31,32,33). The molecule has 2 aliphatic heterocycles. The molecule has 1 aromatic carbocycles. The summed E-state index contributed by atoms with van der Waals surface area (Å²) < 4.78 is 25.3. The number of nitrogens with one attached hydrogen (secondary N) is 1. The van der Waals surface area contributed by atoms with Gasteiger partial charge >= 0.3 is 0 Å². The van der Waals surface area contributed by atoms with Gasteiger partial charge in [0.25, 0.3) is 5.91 Å². The third-order valence-electron chi connectivity index (χ3n) is 8.54. The SMILES string of the molecule is Cc1nc(NCc2ccc(C(C)(C)C)cc2)c(C)c(C(=O)N2CCC(N3CCC(N(C)S(C)(=O)=O)CC3)CC2)n1. The summed E-state index contributed by atoms with van der Waals surface area (Å²) in [6, 6.07) is 9.11. The Morgan fingerprint density at radius 3 is 2.15 bits per heavy atom. The van der Waals surface area contributed by atoms with Crippen molar-refractivity contribution >= 4 is 21.7 Å². The molecule has 220 valence electrons. The Balaban J connectivity index is 1.34. The number of carbonyl (C=O) groups excluding carboxylic acids is 1. The molecule has 2 aliphatic rings. The van der Waals surface area contributed by atoms with E-state index in [4.69, 9.17) is 0 Å². The molecular formula is C30H46N6O3S. The van der Waals surface area contributed by atoms with Crippen LogP contribution in [0.5, 0.6) is 0 Å². The first-order chi connectivity index (χ1) is 18.7. The third kappa shape index (κ3) is 7.19. The summed E-state index contributed by atoms with van der Waals surface area (Å²) in [5.41, 5.74) is 3.82. The van der Waals surface area contributed by atoms with Crippen molar-refractivity contribution in [3.63, 3.8) is 0 Å². The van der Waals surface area contributed by atoms with Gasteiger partial charge in [0, 0.05) is 44.3 Å². The van der Waals surface area contributed by atoms with Gasteiger partial charge in [0.1, 0.15) is 17.3 Å². The van der Waals surface area contributed by atoms with Gasteiger partial charge in [0.05, 0.1) is 6.26 Å². The fraction of sp³-hybridized carbons (Fsp3) is 0.633. The van der Waals surface area contributed by atoms with Crippen LogP contribution in [0.2, 0.25) is 0 Å². The molecule has 0 spiro atoms. The van der Waals surface area contributed by atoms with Gasteiger partial charge in [-0.3, -0.25) is 4.79 Å². The average Bonchev–Trinajstić information content (AvgIpc) is 2.92. The smallest absolute Gasteiger partial charge is 0.272 e. The third-order valence-corrected chi connectivity index (χ3v) is 9.89. The molecule has 1 N–H and O–H groups in total. The molecule has 0 radical (unpaired) electrons. The van der Waals surface area contributed by atoms with E-state index in [1.54, 1.807) is 7.05 Å². The number of aromatic nitrogens is 2. The molecule has 9 nitrogen and oxygen atoms in total. The number of anilines is 1. The number of aryl methyl sites for hydroxylation is 1. The molecular weight excluding hydrogens is 524 g/mol. The van der Waals surface area contributed by atoms with Crippen LogP contribution in [-0.4, -0.2) is 90.0 Å². The number of nitrogens with zero attached hydrogens (tertiary/aromatic N) is 5. The van der Waals surface area contributed by atoms with Crippen LogP contribution in [0.25, 0.3) is 0 Å². The first kappa shape index (κ1) is 30.4. The Kier molecular flexibility index (Phi) is 9.21. The zero-order chi connectivity index (χ0) is 29.2. The molecule has 40 heavy (non-hydrogen) atoms. The molecule has 10 heteroatoms. The Labute approximate surface area is 240 Å². The number of likely N-dealkylation sites (tertiary alicyclic amines) is 2. The topological polar surface area (TPSA) is 98.7 Å². The second-order valence-corrected chi connectivity index (χ2v) is 14.5. The van der Waals surface area contributed by atoms with Crippen LogP contribution in [0, 0.1) is 13.8 Å². The molecule has 0 unspecified atom stereocenters. The van der Waals surface area contributed by atoms with E-state index in [0.717, 1.165) is 49.9 Å². The lowest BCUT2D eigenvalue weighted by molar-refractivity contribution is 0.0542. The van der Waals surface area contributed by atoms with Gasteiger partial charge in [-0.1, -0.05) is 45.0 Å². The molecule has 0 saturated carbocycles. The molecule has 1 aromatic heterocycles. The molecule has 0 atom stereocenters. The lowest BCUT2D eigenvalue weighted by Crippen LogP contribution is -2.52. The lowest BCUT2D eigenvalue weighted by Gasteiger charge is -2.43. The highest BCUT2D eigenvalue weighted by Crippen LogP contribution is 2.26. The van der Waals surface area contributed by atoms with Gasteiger partial charge in [0.2, 0.25) is 10.0 Å². The molecule has 0 bridgehead atoms. The van der Waals surface area contributed by atoms with Crippen molar-refractivity contribution in [1.29, 1.82) is 0 Å². The number of carbonyl (C=O) groups is 1. The van der Waals surface area contributed by atoms with Gasteiger partial charge < -0.3 is 15.1 Å². The van der Waals surface area contributed by atoms with Crippen molar-refractivity contribution in [2.45, 2.75) is 84.3 Å². The first-order valence-electron chi connectivity index (χ1n) is 14.4. The number of rotatable bonds is 7. The highest BCUT2D eigenvalue weighted by atomic mass is 32.2. The summed E-state index contributed by atoms with van der Waals surface area (Å²) in [4.78, 5) is 27.1. The number of hydrogen-bond acceptors (Lipinski definition) is 7. The summed E-state index contributed by atoms with van der Waals surface area (Å²) in [6.07, 6.45) is 4.79. The van der Waals surface area contributed by atoms with Gasteiger partial charge in [-0.05, 0) is 69.2 Å². The van der Waals surface area contributed by atoms with E-state index < -0.39 is 10.0 Å². The summed E-state index contributed by atoms with van der Waals surface area (Å²) in [5, 5.41) is 3.43. The average molecular weight is 571 g/mol. The number of amides is 1. The Bertz CT molecular complexity index is 1290. The molecule has 4 rings (SSSR count). The van der Waals surface area contributed by atoms with E-state index in [-0.39, 0.29) is 17.4 Å². The van der Waals surface area contributed by atoms with Crippen LogP contribution in [0.3, 0.4) is 0 Å². The summed E-state index contributed by atoms with van der Waals surface area (Å²) >= 11 is 0. The van der Waals surface area contributed by atoms with E-state index in [1.807, 2.05) is 18.7 Å². The summed E-state index contributed by atoms with van der Waals surface area (Å²) in [7, 11) is -1.48. The van der Waals surface area contributed by atoms with Crippen LogP contribution in [-0.2, 0) is 22.0 Å². The Morgan fingerprint density at radius 2 is 1.60 bits per heavy atom. The predicted octanol–water partition coefficient (Wildman–Crippen LogP) is 3.96. The normalized spacial score (nSPS) is 18.4. The Morgan fingerprint density at radius 1 is 1.00 bits per heavy atom. The number of piperidine rings is 2. The minimum Gasteiger partial charge on any atom is -0.366 e. The first-order valence-corrected chi connectivity index (χ1v) is 16.2. The summed E-state index contributed by atoms with van der Waals surface area (Å²) in [6.45, 7) is 14.2. The van der Waals surface area contributed by atoms with Gasteiger partial charge in [-0.25, -0.2) is 22.7 Å². The maximum absolute atomic E-state index is 13.6. The molecule has 2 saturated heterocycles. The highest BCUT2D eigenvalue weighted by molar-refractivity contribution is 7.88. The maximum Gasteiger partial charge on any atom is 0.272 e. The second kappa shape index (κ2) is 12.1. The lowest BCUT2D eigenvalue weighted by atomic mass is 9.87. The fourth-order valence-electron chi connectivity index (χ4n) is 5.79. The Hall–Kier alpha value is -2.56. The van der Waals surface area contributed by atoms with E-state index >= 15 is 0 Å². The van der Waals surface area contributed by atoms with Crippen molar-refractivity contribution in [1.82, 2.24) is 24.1 Å². The van der Waals surface area contributed by atoms with E-state index in [1.165, 1.54) is 16.1 Å². The zero-order valence-corrected chi connectivity index (χ0v) is 26.0. The number of hydrogen-bond donors (Lipinski definition) is 1. The van der Waals surface area contributed by atoms with Crippen molar-refractivity contribution in [3.8, 4) is 0 Å². The van der Waals surface area contributed by atoms with Crippen LogP contribution in [0.4, 0.5) is 5.82 Å². The largest absolute Gasteiger partial charge is 0.366 e. The number of benzene rings is 1. The predicted molar refractivity (Wildman–Crippen MR) is 160 cm³/mol. The second-order valence-electron chi connectivity index (χ2n) is 12.5. The van der Waals surface area contributed by atoms with Gasteiger partial charge in [-0.2, -0.15) is 0 Å². The van der Waals surface area contributed by atoms with Crippen molar-refractivity contribution in [2.24, 2.45) is 0 Å². The molecule has 2 fully saturated rings. The van der Waals surface area contributed by atoms with Crippen LogP contribution in [0.15, 0.2) is 24.3 Å². The van der Waals surface area contributed by atoms with Crippen molar-refractivity contribution in [2.75, 3.05) is 44.8 Å². The van der Waals surface area contributed by atoms with Crippen LogP contribution < -0.4 is 5.32 Å². The highest BCUT2D eigenvalue weighted by Gasteiger charge is 2.33. The van der Waals surface area contributed by atoms with Crippen molar-refractivity contribution < 1.29 is 13.2 Å².